The van der Waals surface area contributed by atoms with Crippen molar-refractivity contribution in [3.63, 3.8) is 0 Å². The predicted octanol–water partition coefficient (Wildman–Crippen LogP) is 1.56. The first-order valence-electron chi connectivity index (χ1n) is 11.4. The monoisotopic (exact) mass is 422 g/mol. The SMILES string of the molecule is N#Cc1ccc(CN2CCOC(C(=O)NC3CCC4CC5(C(N)=O)CC4C3C5)C2)cc1. The molecule has 1 heterocycles. The van der Waals surface area contributed by atoms with E-state index in [1.54, 1.807) is 0 Å². The highest BCUT2D eigenvalue weighted by molar-refractivity contribution is 5.83. The molecule has 2 bridgehead atoms. The maximum Gasteiger partial charge on any atom is 0.250 e. The molecule has 7 nitrogen and oxygen atoms in total. The van der Waals surface area contributed by atoms with Crippen molar-refractivity contribution in [3.05, 3.63) is 35.4 Å². The van der Waals surface area contributed by atoms with Gasteiger partial charge in [0.25, 0.3) is 5.91 Å². The third-order valence-electron chi connectivity index (χ3n) is 8.21. The third-order valence-corrected chi connectivity index (χ3v) is 8.21. The molecule has 164 valence electrons. The van der Waals surface area contributed by atoms with E-state index in [4.69, 9.17) is 15.7 Å². The number of hydrogen-bond donors (Lipinski definition) is 2. The summed E-state index contributed by atoms with van der Waals surface area (Å²) in [6.07, 6.45) is 4.24. The third kappa shape index (κ3) is 3.72. The first kappa shape index (κ1) is 20.5. The molecule has 31 heavy (non-hydrogen) atoms. The Morgan fingerprint density at radius 1 is 1.19 bits per heavy atom. The molecule has 5 rings (SSSR count). The molecule has 4 fully saturated rings. The second-order valence-electron chi connectivity index (χ2n) is 9.94. The van der Waals surface area contributed by atoms with Crippen LogP contribution in [0.15, 0.2) is 24.3 Å². The minimum absolute atomic E-state index is 0.0381. The van der Waals surface area contributed by atoms with Crippen molar-refractivity contribution in [3.8, 4) is 6.07 Å². The number of morpholine rings is 1. The number of benzene rings is 1. The fourth-order valence-corrected chi connectivity index (χ4v) is 6.69. The molecule has 0 radical (unpaired) electrons. The molecular weight excluding hydrogens is 392 g/mol. The molecule has 4 aliphatic rings. The highest BCUT2D eigenvalue weighted by atomic mass is 16.5. The van der Waals surface area contributed by atoms with Crippen LogP contribution in [0.4, 0.5) is 0 Å². The minimum Gasteiger partial charge on any atom is -0.369 e. The molecule has 3 N–H and O–H groups in total. The zero-order chi connectivity index (χ0) is 21.6. The predicted molar refractivity (Wildman–Crippen MR) is 113 cm³/mol. The Morgan fingerprint density at radius 2 is 1.97 bits per heavy atom. The Balaban J connectivity index is 1.19. The number of nitriles is 1. The van der Waals surface area contributed by atoms with E-state index < -0.39 is 6.10 Å². The second kappa shape index (κ2) is 7.92. The van der Waals surface area contributed by atoms with Gasteiger partial charge in [0.2, 0.25) is 5.91 Å². The number of nitrogens with zero attached hydrogens (tertiary/aromatic N) is 2. The van der Waals surface area contributed by atoms with E-state index in [0.29, 0.717) is 36.5 Å². The van der Waals surface area contributed by atoms with Crippen molar-refractivity contribution in [2.24, 2.45) is 28.9 Å². The summed E-state index contributed by atoms with van der Waals surface area (Å²) < 4.78 is 5.81. The van der Waals surface area contributed by atoms with Crippen LogP contribution in [0.3, 0.4) is 0 Å². The topological polar surface area (TPSA) is 108 Å². The second-order valence-corrected chi connectivity index (χ2v) is 9.94. The lowest BCUT2D eigenvalue weighted by atomic mass is 9.65. The number of amides is 2. The summed E-state index contributed by atoms with van der Waals surface area (Å²) in [5, 5.41) is 12.2. The minimum atomic E-state index is -0.478. The summed E-state index contributed by atoms with van der Waals surface area (Å²) in [5.41, 5.74) is 7.20. The van der Waals surface area contributed by atoms with Gasteiger partial charge in [0.1, 0.15) is 6.10 Å². The van der Waals surface area contributed by atoms with Crippen LogP contribution in [0.5, 0.6) is 0 Å². The number of carbonyl (C=O) groups is 2. The van der Waals surface area contributed by atoms with Gasteiger partial charge in [-0.1, -0.05) is 12.1 Å². The standard InChI is InChI=1S/C24H30N4O3/c25-12-15-1-3-16(4-2-15)13-28-7-8-31-21(14-28)22(29)27-20-6-5-17-9-24(23(26)30)10-18(17)19(20)11-24/h1-4,17-21H,5-11,13-14H2,(H2,26,30)(H,27,29). The van der Waals surface area contributed by atoms with E-state index >= 15 is 0 Å². The molecule has 6 unspecified atom stereocenters. The molecule has 6 atom stereocenters. The molecule has 0 aromatic heterocycles. The Morgan fingerprint density at radius 3 is 2.68 bits per heavy atom. The number of nitrogens with two attached hydrogens (primary N) is 1. The van der Waals surface area contributed by atoms with Gasteiger partial charge in [0.15, 0.2) is 0 Å². The summed E-state index contributed by atoms with van der Waals surface area (Å²) in [5.74, 6) is 1.29. The summed E-state index contributed by atoms with van der Waals surface area (Å²) in [6.45, 7) is 2.59. The summed E-state index contributed by atoms with van der Waals surface area (Å²) in [7, 11) is 0. The highest BCUT2D eigenvalue weighted by Gasteiger charge is 2.61. The average molecular weight is 423 g/mol. The fraction of sp³-hybridized carbons (Fsp3) is 0.625. The van der Waals surface area contributed by atoms with E-state index in [1.165, 1.54) is 0 Å². The zero-order valence-electron chi connectivity index (χ0n) is 17.8. The van der Waals surface area contributed by atoms with Crippen LogP contribution in [0.2, 0.25) is 0 Å². The Labute approximate surface area is 182 Å². The Kier molecular flexibility index (Phi) is 5.23. The van der Waals surface area contributed by atoms with Crippen LogP contribution in [-0.2, 0) is 20.9 Å². The summed E-state index contributed by atoms with van der Waals surface area (Å²) in [6, 6.07) is 9.83. The first-order chi connectivity index (χ1) is 15.0. The van der Waals surface area contributed by atoms with Crippen LogP contribution in [-0.4, -0.2) is 48.6 Å². The van der Waals surface area contributed by atoms with Crippen molar-refractivity contribution in [1.29, 1.82) is 5.26 Å². The van der Waals surface area contributed by atoms with Gasteiger partial charge in [-0.15, -0.1) is 0 Å². The van der Waals surface area contributed by atoms with E-state index in [1.807, 2.05) is 24.3 Å². The largest absolute Gasteiger partial charge is 0.369 e. The lowest BCUT2D eigenvalue weighted by Crippen LogP contribution is -2.55. The number of nitrogens with one attached hydrogen (secondary N) is 1. The highest BCUT2D eigenvalue weighted by Crippen LogP contribution is 2.63. The van der Waals surface area contributed by atoms with Gasteiger partial charge >= 0.3 is 0 Å². The molecular formula is C24H30N4O3. The van der Waals surface area contributed by atoms with E-state index in [0.717, 1.165) is 50.8 Å². The van der Waals surface area contributed by atoms with Crippen molar-refractivity contribution in [2.75, 3.05) is 19.7 Å². The zero-order valence-corrected chi connectivity index (χ0v) is 17.8. The van der Waals surface area contributed by atoms with Crippen LogP contribution in [0.1, 0.15) is 43.2 Å². The van der Waals surface area contributed by atoms with Gasteiger partial charge < -0.3 is 15.8 Å². The normalized spacial score (nSPS) is 36.7. The fourth-order valence-electron chi connectivity index (χ4n) is 6.69. The Bertz CT molecular complexity index is 910. The molecule has 3 aliphatic carbocycles. The van der Waals surface area contributed by atoms with Gasteiger partial charge in [-0.2, -0.15) is 5.26 Å². The number of ether oxygens (including phenoxy) is 1. The maximum atomic E-state index is 13.1. The molecule has 1 aromatic carbocycles. The quantitative estimate of drug-likeness (QED) is 0.749. The molecule has 3 saturated carbocycles. The van der Waals surface area contributed by atoms with Gasteiger partial charge in [0.05, 0.1) is 18.2 Å². The van der Waals surface area contributed by atoms with Crippen molar-refractivity contribution in [2.45, 2.75) is 50.8 Å². The molecule has 7 heteroatoms. The maximum absolute atomic E-state index is 13.1. The van der Waals surface area contributed by atoms with Crippen LogP contribution in [0.25, 0.3) is 0 Å². The van der Waals surface area contributed by atoms with Crippen molar-refractivity contribution < 1.29 is 14.3 Å². The Hall–Kier alpha value is -2.43. The van der Waals surface area contributed by atoms with E-state index in [-0.39, 0.29) is 23.3 Å². The van der Waals surface area contributed by atoms with Crippen LogP contribution >= 0.6 is 0 Å². The molecule has 0 spiro atoms. The number of fused-ring (bicyclic) bond motifs is 1. The van der Waals surface area contributed by atoms with Crippen LogP contribution < -0.4 is 11.1 Å². The van der Waals surface area contributed by atoms with Crippen molar-refractivity contribution >= 4 is 11.8 Å². The smallest absolute Gasteiger partial charge is 0.250 e. The van der Waals surface area contributed by atoms with Crippen molar-refractivity contribution in [1.82, 2.24) is 10.2 Å². The molecule has 1 aromatic rings. The lowest BCUT2D eigenvalue weighted by Gasteiger charge is -2.43. The lowest BCUT2D eigenvalue weighted by molar-refractivity contribution is -0.140. The molecule has 1 saturated heterocycles. The number of rotatable bonds is 5. The first-order valence-corrected chi connectivity index (χ1v) is 11.4. The van der Waals surface area contributed by atoms with Gasteiger partial charge in [-0.25, -0.2) is 0 Å². The summed E-state index contributed by atoms with van der Waals surface area (Å²) in [4.78, 5) is 27.4. The number of hydrogen-bond acceptors (Lipinski definition) is 5. The molecule has 1 aliphatic heterocycles. The van der Waals surface area contributed by atoms with Gasteiger partial charge in [-0.05, 0) is 67.6 Å². The van der Waals surface area contributed by atoms with Gasteiger partial charge in [-0.3, -0.25) is 14.5 Å². The molecule has 2 amide bonds. The average Bonchev–Trinajstić information content (AvgIpc) is 3.36. The summed E-state index contributed by atoms with van der Waals surface area (Å²) >= 11 is 0. The number of carbonyl (C=O) groups excluding carboxylic acids is 2. The van der Waals surface area contributed by atoms with E-state index in [2.05, 4.69) is 16.3 Å². The number of primary amides is 1. The van der Waals surface area contributed by atoms with Crippen LogP contribution in [0, 0.1) is 34.5 Å². The van der Waals surface area contributed by atoms with Gasteiger partial charge in [0, 0.05) is 31.1 Å². The van der Waals surface area contributed by atoms with E-state index in [9.17, 15) is 9.59 Å².